The summed E-state index contributed by atoms with van der Waals surface area (Å²) in [5.74, 6) is 1.09. The second-order valence-corrected chi connectivity index (χ2v) is 5.19. The molecule has 1 aromatic heterocycles. The number of phenolic OH excluding ortho intramolecular Hbond substituents is 1. The van der Waals surface area contributed by atoms with E-state index < -0.39 is 0 Å². The summed E-state index contributed by atoms with van der Waals surface area (Å²) in [6, 6.07) is 14.9. The predicted octanol–water partition coefficient (Wildman–Crippen LogP) is 3.69. The molecule has 25 heavy (non-hydrogen) atoms. The molecule has 3 aromatic rings. The first-order valence-corrected chi connectivity index (χ1v) is 7.88. The van der Waals surface area contributed by atoms with E-state index in [9.17, 15) is 5.11 Å². The van der Waals surface area contributed by atoms with Crippen molar-refractivity contribution in [2.75, 3.05) is 12.0 Å². The number of hydrogen-bond acceptors (Lipinski definition) is 6. The Kier molecular flexibility index (Phi) is 5.21. The third kappa shape index (κ3) is 4.32. The molecule has 0 saturated heterocycles. The van der Waals surface area contributed by atoms with Crippen molar-refractivity contribution in [2.24, 2.45) is 5.10 Å². The Bertz CT molecular complexity index is 849. The SMILES string of the molecule is CCOc1ccc(C=NNc2ncc(-c3ccccc3)cn2)c(O)c1. The normalized spacial score (nSPS) is 10.8. The van der Waals surface area contributed by atoms with E-state index in [4.69, 9.17) is 4.74 Å². The van der Waals surface area contributed by atoms with Crippen LogP contribution in [0.3, 0.4) is 0 Å². The minimum atomic E-state index is 0.0943. The van der Waals surface area contributed by atoms with Gasteiger partial charge in [-0.05, 0) is 24.6 Å². The molecule has 0 atom stereocenters. The molecule has 0 fully saturated rings. The Labute approximate surface area is 145 Å². The monoisotopic (exact) mass is 334 g/mol. The number of rotatable bonds is 6. The molecule has 0 spiro atoms. The van der Waals surface area contributed by atoms with Crippen LogP contribution in [0.2, 0.25) is 0 Å². The van der Waals surface area contributed by atoms with Gasteiger partial charge < -0.3 is 9.84 Å². The molecule has 6 heteroatoms. The van der Waals surface area contributed by atoms with Crippen molar-refractivity contribution in [1.82, 2.24) is 9.97 Å². The molecular formula is C19H18N4O2. The van der Waals surface area contributed by atoms with Gasteiger partial charge in [0.2, 0.25) is 5.95 Å². The predicted molar refractivity (Wildman–Crippen MR) is 98.0 cm³/mol. The van der Waals surface area contributed by atoms with Gasteiger partial charge in [-0.2, -0.15) is 5.10 Å². The van der Waals surface area contributed by atoms with E-state index in [-0.39, 0.29) is 5.75 Å². The van der Waals surface area contributed by atoms with Gasteiger partial charge in [0.1, 0.15) is 11.5 Å². The van der Waals surface area contributed by atoms with E-state index in [2.05, 4.69) is 20.5 Å². The first kappa shape index (κ1) is 16.4. The van der Waals surface area contributed by atoms with Crippen LogP contribution in [0, 0.1) is 0 Å². The van der Waals surface area contributed by atoms with Gasteiger partial charge in [-0.25, -0.2) is 15.4 Å². The number of aromatic hydroxyl groups is 1. The van der Waals surface area contributed by atoms with Crippen LogP contribution in [-0.2, 0) is 0 Å². The topological polar surface area (TPSA) is 79.6 Å². The van der Waals surface area contributed by atoms with Crippen molar-refractivity contribution in [2.45, 2.75) is 6.92 Å². The molecule has 6 nitrogen and oxygen atoms in total. The number of anilines is 1. The van der Waals surface area contributed by atoms with Crippen molar-refractivity contribution in [1.29, 1.82) is 0 Å². The molecule has 0 aliphatic rings. The van der Waals surface area contributed by atoms with Crippen molar-refractivity contribution < 1.29 is 9.84 Å². The number of hydrazone groups is 1. The Morgan fingerprint density at radius 2 is 1.84 bits per heavy atom. The van der Waals surface area contributed by atoms with Crippen LogP contribution in [0.15, 0.2) is 66.0 Å². The summed E-state index contributed by atoms with van der Waals surface area (Å²) >= 11 is 0. The van der Waals surface area contributed by atoms with Gasteiger partial charge >= 0.3 is 0 Å². The second-order valence-electron chi connectivity index (χ2n) is 5.19. The Morgan fingerprint density at radius 3 is 2.52 bits per heavy atom. The van der Waals surface area contributed by atoms with E-state index in [1.807, 2.05) is 37.3 Å². The highest BCUT2D eigenvalue weighted by Gasteiger charge is 2.02. The summed E-state index contributed by atoms with van der Waals surface area (Å²) in [4.78, 5) is 8.46. The van der Waals surface area contributed by atoms with E-state index in [1.165, 1.54) is 6.21 Å². The summed E-state index contributed by atoms with van der Waals surface area (Å²) in [7, 11) is 0. The zero-order valence-electron chi connectivity index (χ0n) is 13.8. The van der Waals surface area contributed by atoms with Crippen LogP contribution in [0.5, 0.6) is 11.5 Å². The lowest BCUT2D eigenvalue weighted by Gasteiger charge is -2.05. The van der Waals surface area contributed by atoms with Crippen molar-refractivity contribution in [3.05, 3.63) is 66.5 Å². The first-order chi connectivity index (χ1) is 12.3. The van der Waals surface area contributed by atoms with Crippen LogP contribution < -0.4 is 10.2 Å². The molecule has 0 bridgehead atoms. The number of benzene rings is 2. The third-order valence-corrected chi connectivity index (χ3v) is 3.44. The maximum Gasteiger partial charge on any atom is 0.243 e. The lowest BCUT2D eigenvalue weighted by atomic mass is 10.1. The van der Waals surface area contributed by atoms with E-state index in [1.54, 1.807) is 30.6 Å². The number of nitrogens with one attached hydrogen (secondary N) is 1. The van der Waals surface area contributed by atoms with Gasteiger partial charge in [-0.1, -0.05) is 30.3 Å². The molecule has 0 aliphatic carbocycles. The molecule has 2 N–H and O–H groups in total. The maximum absolute atomic E-state index is 9.95. The first-order valence-electron chi connectivity index (χ1n) is 7.88. The third-order valence-electron chi connectivity index (χ3n) is 3.44. The average Bonchev–Trinajstić information content (AvgIpc) is 2.65. The van der Waals surface area contributed by atoms with E-state index >= 15 is 0 Å². The smallest absolute Gasteiger partial charge is 0.243 e. The van der Waals surface area contributed by atoms with Gasteiger partial charge in [-0.15, -0.1) is 0 Å². The molecule has 0 unspecified atom stereocenters. The second kappa shape index (κ2) is 7.92. The fourth-order valence-corrected chi connectivity index (χ4v) is 2.21. The van der Waals surface area contributed by atoms with Crippen LogP contribution >= 0.6 is 0 Å². The van der Waals surface area contributed by atoms with Gasteiger partial charge in [0.05, 0.1) is 12.8 Å². The minimum Gasteiger partial charge on any atom is -0.507 e. The van der Waals surface area contributed by atoms with Crippen molar-refractivity contribution in [3.8, 4) is 22.6 Å². The quantitative estimate of drug-likeness (QED) is 0.531. The van der Waals surface area contributed by atoms with Crippen molar-refractivity contribution >= 4 is 12.2 Å². The highest BCUT2D eigenvalue weighted by atomic mass is 16.5. The summed E-state index contributed by atoms with van der Waals surface area (Å²) in [6.45, 7) is 2.43. The molecule has 1 heterocycles. The molecule has 0 aliphatic heterocycles. The summed E-state index contributed by atoms with van der Waals surface area (Å²) in [6.07, 6.45) is 4.96. The van der Waals surface area contributed by atoms with E-state index in [0.717, 1.165) is 11.1 Å². The number of hydrogen-bond donors (Lipinski definition) is 2. The number of aromatic nitrogens is 2. The molecule has 0 saturated carbocycles. The molecular weight excluding hydrogens is 316 g/mol. The largest absolute Gasteiger partial charge is 0.507 e. The Morgan fingerprint density at radius 1 is 1.08 bits per heavy atom. The van der Waals surface area contributed by atoms with Gasteiger partial charge in [0, 0.05) is 29.6 Å². The Balaban J connectivity index is 1.64. The Hall–Kier alpha value is -3.41. The van der Waals surface area contributed by atoms with Gasteiger partial charge in [0.25, 0.3) is 0 Å². The van der Waals surface area contributed by atoms with Crippen LogP contribution in [-0.4, -0.2) is 27.9 Å². The van der Waals surface area contributed by atoms with Gasteiger partial charge in [0.15, 0.2) is 0 Å². The molecule has 0 amide bonds. The number of phenols is 1. The molecule has 3 rings (SSSR count). The van der Waals surface area contributed by atoms with Crippen LogP contribution in [0.25, 0.3) is 11.1 Å². The zero-order chi connectivity index (χ0) is 17.5. The lowest BCUT2D eigenvalue weighted by molar-refractivity contribution is 0.337. The fraction of sp³-hybridized carbons (Fsp3) is 0.105. The zero-order valence-corrected chi connectivity index (χ0v) is 13.8. The van der Waals surface area contributed by atoms with Crippen LogP contribution in [0.1, 0.15) is 12.5 Å². The van der Waals surface area contributed by atoms with E-state index in [0.29, 0.717) is 23.9 Å². The summed E-state index contributed by atoms with van der Waals surface area (Å²) in [5.41, 5.74) is 5.29. The summed E-state index contributed by atoms with van der Waals surface area (Å²) < 4.78 is 5.32. The highest BCUT2D eigenvalue weighted by molar-refractivity contribution is 5.84. The molecule has 0 radical (unpaired) electrons. The number of nitrogens with zero attached hydrogens (tertiary/aromatic N) is 3. The summed E-state index contributed by atoms with van der Waals surface area (Å²) in [5, 5.41) is 14.0. The minimum absolute atomic E-state index is 0.0943. The molecule has 126 valence electrons. The maximum atomic E-state index is 9.95. The number of ether oxygens (including phenoxy) is 1. The average molecular weight is 334 g/mol. The van der Waals surface area contributed by atoms with Gasteiger partial charge in [-0.3, -0.25) is 0 Å². The van der Waals surface area contributed by atoms with Crippen molar-refractivity contribution in [3.63, 3.8) is 0 Å². The standard InChI is InChI=1S/C19H18N4O2/c1-2-25-17-9-8-15(18(24)10-17)13-22-23-19-20-11-16(12-21-19)14-6-4-3-5-7-14/h3-13,24H,2H2,1H3,(H,20,21,23). The molecule has 2 aromatic carbocycles. The lowest BCUT2D eigenvalue weighted by Crippen LogP contribution is -1.97. The highest BCUT2D eigenvalue weighted by Crippen LogP contribution is 2.22. The fourth-order valence-electron chi connectivity index (χ4n) is 2.21. The van der Waals surface area contributed by atoms with Crippen LogP contribution in [0.4, 0.5) is 5.95 Å².